The summed E-state index contributed by atoms with van der Waals surface area (Å²) in [6.45, 7) is 0. The lowest BCUT2D eigenvalue weighted by Gasteiger charge is -2.13. The summed E-state index contributed by atoms with van der Waals surface area (Å²) < 4.78 is 38.7. The maximum atomic E-state index is 12.6. The second kappa shape index (κ2) is 6.33. The SMILES string of the molecule is N=C(Nc1cccc(C(F)(F)F)c1)Nc1ccccc1I. The molecule has 2 aromatic carbocycles. The average Bonchev–Trinajstić information content (AvgIpc) is 2.41. The van der Waals surface area contributed by atoms with Gasteiger partial charge < -0.3 is 10.6 Å². The van der Waals surface area contributed by atoms with Crippen molar-refractivity contribution in [1.29, 1.82) is 5.41 Å². The summed E-state index contributed by atoms with van der Waals surface area (Å²) in [4.78, 5) is 0. The van der Waals surface area contributed by atoms with Gasteiger partial charge in [0.05, 0.1) is 11.3 Å². The molecule has 0 spiro atoms. The lowest BCUT2D eigenvalue weighted by molar-refractivity contribution is -0.137. The Hall–Kier alpha value is -1.77. The van der Waals surface area contributed by atoms with E-state index in [1.165, 1.54) is 12.1 Å². The minimum absolute atomic E-state index is 0.0987. The van der Waals surface area contributed by atoms with Crippen LogP contribution in [-0.4, -0.2) is 5.96 Å². The van der Waals surface area contributed by atoms with Crippen molar-refractivity contribution < 1.29 is 13.2 Å². The molecule has 110 valence electrons. The van der Waals surface area contributed by atoms with Gasteiger partial charge in [0.2, 0.25) is 0 Å². The van der Waals surface area contributed by atoms with Gasteiger partial charge in [-0.05, 0) is 52.9 Å². The van der Waals surface area contributed by atoms with Crippen LogP contribution < -0.4 is 10.6 Å². The number of hydrogen-bond acceptors (Lipinski definition) is 1. The molecule has 0 aromatic heterocycles. The van der Waals surface area contributed by atoms with E-state index in [4.69, 9.17) is 5.41 Å². The molecule has 0 bridgehead atoms. The normalized spacial score (nSPS) is 11.0. The van der Waals surface area contributed by atoms with Crippen LogP contribution in [0.15, 0.2) is 48.5 Å². The van der Waals surface area contributed by atoms with E-state index in [0.29, 0.717) is 5.69 Å². The van der Waals surface area contributed by atoms with E-state index >= 15 is 0 Å². The number of benzene rings is 2. The lowest BCUT2D eigenvalue weighted by Crippen LogP contribution is -2.21. The lowest BCUT2D eigenvalue weighted by atomic mass is 10.2. The average molecular weight is 405 g/mol. The summed E-state index contributed by atoms with van der Waals surface area (Å²) in [7, 11) is 0. The summed E-state index contributed by atoms with van der Waals surface area (Å²) in [5.41, 5.74) is 0.158. The van der Waals surface area contributed by atoms with Crippen LogP contribution in [0.2, 0.25) is 0 Å². The fourth-order valence-electron chi connectivity index (χ4n) is 1.65. The zero-order chi connectivity index (χ0) is 15.5. The second-order valence-corrected chi connectivity index (χ2v) is 5.35. The van der Waals surface area contributed by atoms with Gasteiger partial charge in [0.15, 0.2) is 5.96 Å². The molecule has 0 atom stereocenters. The molecular weight excluding hydrogens is 394 g/mol. The number of anilines is 2. The molecule has 0 aliphatic rings. The van der Waals surface area contributed by atoms with Crippen molar-refractivity contribution in [2.75, 3.05) is 10.6 Å². The fourth-order valence-corrected chi connectivity index (χ4v) is 2.17. The minimum Gasteiger partial charge on any atom is -0.326 e. The topological polar surface area (TPSA) is 47.9 Å². The Morgan fingerprint density at radius 1 is 1.00 bits per heavy atom. The summed E-state index contributed by atoms with van der Waals surface area (Å²) >= 11 is 2.10. The van der Waals surface area contributed by atoms with Crippen LogP contribution in [0, 0.1) is 8.98 Å². The van der Waals surface area contributed by atoms with E-state index in [2.05, 4.69) is 33.2 Å². The Kier molecular flexibility index (Phi) is 4.71. The highest BCUT2D eigenvalue weighted by atomic mass is 127. The Morgan fingerprint density at radius 3 is 2.38 bits per heavy atom. The number of guanidine groups is 1. The second-order valence-electron chi connectivity index (χ2n) is 4.18. The first-order valence-corrected chi connectivity index (χ1v) is 6.98. The van der Waals surface area contributed by atoms with Crippen molar-refractivity contribution in [3.8, 4) is 0 Å². The summed E-state index contributed by atoms with van der Waals surface area (Å²) in [5, 5.41) is 13.2. The number of nitrogens with one attached hydrogen (secondary N) is 3. The van der Waals surface area contributed by atoms with Crippen LogP contribution in [0.5, 0.6) is 0 Å². The molecule has 0 unspecified atom stereocenters. The highest BCUT2D eigenvalue weighted by molar-refractivity contribution is 14.1. The molecule has 0 saturated carbocycles. The summed E-state index contributed by atoms with van der Waals surface area (Å²) in [6, 6.07) is 12.0. The highest BCUT2D eigenvalue weighted by Gasteiger charge is 2.30. The Morgan fingerprint density at radius 2 is 1.71 bits per heavy atom. The van der Waals surface area contributed by atoms with Crippen molar-refractivity contribution in [1.82, 2.24) is 0 Å². The quantitative estimate of drug-likeness (QED) is 0.383. The summed E-state index contributed by atoms with van der Waals surface area (Å²) in [6.07, 6.45) is -4.40. The molecule has 0 fully saturated rings. The Bertz CT molecular complexity index is 656. The molecule has 21 heavy (non-hydrogen) atoms. The van der Waals surface area contributed by atoms with Gasteiger partial charge in [0.1, 0.15) is 0 Å². The molecule has 3 N–H and O–H groups in total. The third-order valence-electron chi connectivity index (χ3n) is 2.59. The van der Waals surface area contributed by atoms with Crippen LogP contribution in [0.1, 0.15) is 5.56 Å². The van der Waals surface area contributed by atoms with E-state index in [9.17, 15) is 13.2 Å². The van der Waals surface area contributed by atoms with Crippen molar-refractivity contribution in [3.63, 3.8) is 0 Å². The summed E-state index contributed by atoms with van der Waals surface area (Å²) in [5.74, 6) is -0.0987. The molecule has 0 aliphatic heterocycles. The van der Waals surface area contributed by atoms with Crippen molar-refractivity contribution in [3.05, 3.63) is 57.7 Å². The predicted octanol–water partition coefficient (Wildman–Crippen LogP) is 4.77. The molecular formula is C14H11F3IN3. The van der Waals surface area contributed by atoms with E-state index in [-0.39, 0.29) is 11.6 Å². The van der Waals surface area contributed by atoms with Gasteiger partial charge in [0, 0.05) is 9.26 Å². The monoisotopic (exact) mass is 405 g/mol. The first kappa shape index (κ1) is 15.6. The largest absolute Gasteiger partial charge is 0.416 e. The standard InChI is InChI=1S/C14H11F3IN3/c15-14(16,17)9-4-3-5-10(8-9)20-13(19)21-12-7-2-1-6-11(12)18/h1-8H,(H3,19,20,21). The number of halogens is 4. The third kappa shape index (κ3) is 4.35. The van der Waals surface area contributed by atoms with E-state index in [0.717, 1.165) is 15.7 Å². The molecule has 2 aromatic rings. The predicted molar refractivity (Wildman–Crippen MR) is 85.6 cm³/mol. The molecule has 0 saturated heterocycles. The van der Waals surface area contributed by atoms with Crippen LogP contribution in [0.3, 0.4) is 0 Å². The van der Waals surface area contributed by atoms with E-state index in [1.807, 2.05) is 18.2 Å². The van der Waals surface area contributed by atoms with Crippen LogP contribution >= 0.6 is 22.6 Å². The van der Waals surface area contributed by atoms with Gasteiger partial charge >= 0.3 is 6.18 Å². The van der Waals surface area contributed by atoms with Crippen molar-refractivity contribution >= 4 is 39.9 Å². The fraction of sp³-hybridized carbons (Fsp3) is 0.0714. The van der Waals surface area contributed by atoms with Crippen LogP contribution in [0.4, 0.5) is 24.5 Å². The van der Waals surface area contributed by atoms with Gasteiger partial charge in [-0.2, -0.15) is 13.2 Å². The van der Waals surface area contributed by atoms with Gasteiger partial charge in [-0.1, -0.05) is 18.2 Å². The third-order valence-corrected chi connectivity index (χ3v) is 3.53. The zero-order valence-electron chi connectivity index (χ0n) is 10.6. The molecule has 0 aliphatic carbocycles. The molecule has 3 nitrogen and oxygen atoms in total. The number of hydrogen-bond donors (Lipinski definition) is 3. The maximum absolute atomic E-state index is 12.6. The van der Waals surface area contributed by atoms with E-state index in [1.54, 1.807) is 6.07 Å². The Balaban J connectivity index is 2.08. The number of alkyl halides is 3. The van der Waals surface area contributed by atoms with Gasteiger partial charge in [-0.25, -0.2) is 0 Å². The van der Waals surface area contributed by atoms with E-state index < -0.39 is 11.7 Å². The van der Waals surface area contributed by atoms with Gasteiger partial charge in [-0.3, -0.25) is 5.41 Å². The number of rotatable bonds is 2. The van der Waals surface area contributed by atoms with Crippen LogP contribution in [-0.2, 0) is 6.18 Å². The molecule has 0 heterocycles. The van der Waals surface area contributed by atoms with Crippen LogP contribution in [0.25, 0.3) is 0 Å². The van der Waals surface area contributed by atoms with Crippen molar-refractivity contribution in [2.24, 2.45) is 0 Å². The first-order valence-electron chi connectivity index (χ1n) is 5.90. The molecule has 0 amide bonds. The smallest absolute Gasteiger partial charge is 0.326 e. The zero-order valence-corrected chi connectivity index (χ0v) is 12.8. The molecule has 0 radical (unpaired) electrons. The van der Waals surface area contributed by atoms with Gasteiger partial charge in [0.25, 0.3) is 0 Å². The molecule has 7 heteroatoms. The maximum Gasteiger partial charge on any atom is 0.416 e. The van der Waals surface area contributed by atoms with Gasteiger partial charge in [-0.15, -0.1) is 0 Å². The number of para-hydroxylation sites is 1. The Labute approximate surface area is 133 Å². The van der Waals surface area contributed by atoms with Crippen molar-refractivity contribution in [2.45, 2.75) is 6.18 Å². The first-order chi connectivity index (χ1) is 9.86. The highest BCUT2D eigenvalue weighted by Crippen LogP contribution is 2.30. The minimum atomic E-state index is -4.40. The molecule has 2 rings (SSSR count).